The van der Waals surface area contributed by atoms with Crippen molar-refractivity contribution < 1.29 is 23.0 Å². The largest absolute Gasteiger partial charge is 0.372 e. The number of likely N-dealkylation sites (N-methyl/N-ethyl adjacent to an activating group) is 1. The number of para-hydroxylation sites is 1. The maximum atomic E-state index is 14.9. The van der Waals surface area contributed by atoms with E-state index in [1.165, 1.54) is 23.1 Å². The summed E-state index contributed by atoms with van der Waals surface area (Å²) in [6.45, 7) is 5.46. The van der Waals surface area contributed by atoms with E-state index < -0.39 is 17.7 Å². The number of pyridine rings is 1. The van der Waals surface area contributed by atoms with Gasteiger partial charge in [0.15, 0.2) is 11.5 Å². The summed E-state index contributed by atoms with van der Waals surface area (Å²) in [5.41, 5.74) is 4.20. The van der Waals surface area contributed by atoms with E-state index in [9.17, 15) is 13.6 Å². The van der Waals surface area contributed by atoms with Gasteiger partial charge in [0.1, 0.15) is 41.3 Å². The monoisotopic (exact) mass is 761 g/mol. The van der Waals surface area contributed by atoms with Crippen LogP contribution in [-0.2, 0) is 27.2 Å². The van der Waals surface area contributed by atoms with E-state index in [1.54, 1.807) is 11.1 Å². The SMILES string of the molecule is CN1CCCn2c(CCN3C[C@@H]4OCCO[C@@H]4C3)nc3cccc(c32)-c2cccc(n2)N[C@H]2C[C@@H](C1=O)N(c1ncnc3c1cnn3-c1ccc(F)cc1F)C2. The molecule has 56 heavy (non-hydrogen) atoms. The minimum atomic E-state index is -0.765. The highest BCUT2D eigenvalue weighted by molar-refractivity contribution is 5.93. The number of hydrogen-bond acceptors (Lipinski definition) is 11. The number of carbonyl (C=O) groups is 1. The van der Waals surface area contributed by atoms with Crippen LogP contribution >= 0.6 is 0 Å². The van der Waals surface area contributed by atoms with Gasteiger partial charge in [0.25, 0.3) is 0 Å². The number of halogens is 2. The van der Waals surface area contributed by atoms with E-state index in [2.05, 4.69) is 42.0 Å². The third-order valence-electron chi connectivity index (χ3n) is 11.5. The molecule has 288 valence electrons. The maximum absolute atomic E-state index is 14.9. The van der Waals surface area contributed by atoms with Crippen molar-refractivity contribution in [1.29, 1.82) is 0 Å². The topological polar surface area (TPSA) is 132 Å². The van der Waals surface area contributed by atoms with Crippen molar-refractivity contribution in [2.75, 3.05) is 63.2 Å². The van der Waals surface area contributed by atoms with Crippen LogP contribution in [0, 0.1) is 11.6 Å². The number of fused-ring (bicyclic) bond motifs is 7. The van der Waals surface area contributed by atoms with E-state index >= 15 is 0 Å². The van der Waals surface area contributed by atoms with Crippen LogP contribution in [0.4, 0.5) is 20.4 Å². The highest BCUT2D eigenvalue weighted by Crippen LogP contribution is 2.35. The van der Waals surface area contributed by atoms with Crippen LogP contribution in [0.15, 0.2) is 67.1 Å². The summed E-state index contributed by atoms with van der Waals surface area (Å²) in [7, 11) is 1.85. The van der Waals surface area contributed by atoms with E-state index in [1.807, 2.05) is 36.2 Å². The number of aromatic nitrogens is 7. The molecule has 0 radical (unpaired) electrons. The van der Waals surface area contributed by atoms with Gasteiger partial charge in [-0.15, -0.1) is 0 Å². The molecule has 8 heterocycles. The van der Waals surface area contributed by atoms with Crippen LogP contribution in [0.1, 0.15) is 18.7 Å². The van der Waals surface area contributed by atoms with Crippen LogP contribution in [0.25, 0.3) is 39.0 Å². The second-order valence-electron chi connectivity index (χ2n) is 15.0. The third-order valence-corrected chi connectivity index (χ3v) is 11.5. The zero-order valence-corrected chi connectivity index (χ0v) is 30.9. The zero-order chi connectivity index (χ0) is 37.9. The first-order valence-corrected chi connectivity index (χ1v) is 19.2. The molecule has 4 aliphatic rings. The van der Waals surface area contributed by atoms with E-state index in [0.29, 0.717) is 68.4 Å². The van der Waals surface area contributed by atoms with Crippen molar-refractivity contribution in [3.8, 4) is 16.9 Å². The molecule has 0 unspecified atom stereocenters. The number of rotatable bonds is 5. The molecule has 4 aliphatic heterocycles. The Balaban J connectivity index is 0.977. The molecule has 0 aliphatic carbocycles. The number of ether oxygens (including phenoxy) is 2. The Morgan fingerprint density at radius 1 is 0.946 bits per heavy atom. The Bertz CT molecular complexity index is 2440. The number of nitrogens with zero attached hydrogens (tertiary/aromatic N) is 10. The van der Waals surface area contributed by atoms with Gasteiger partial charge in [-0.25, -0.2) is 33.4 Å². The van der Waals surface area contributed by atoms with Crippen molar-refractivity contribution in [2.24, 2.45) is 0 Å². The lowest BCUT2D eigenvalue weighted by atomic mass is 10.1. The first-order chi connectivity index (χ1) is 27.4. The average molecular weight is 762 g/mol. The lowest BCUT2D eigenvalue weighted by Crippen LogP contribution is -2.45. The molecular weight excluding hydrogens is 721 g/mol. The van der Waals surface area contributed by atoms with Gasteiger partial charge in [-0.05, 0) is 43.2 Å². The van der Waals surface area contributed by atoms with E-state index in [0.717, 1.165) is 60.2 Å². The normalized spacial score (nSPS) is 23.0. The summed E-state index contributed by atoms with van der Waals surface area (Å²) in [5.74, 6) is 0.715. The predicted molar refractivity (Wildman–Crippen MR) is 205 cm³/mol. The van der Waals surface area contributed by atoms with Crippen molar-refractivity contribution in [1.82, 2.24) is 44.1 Å². The van der Waals surface area contributed by atoms with Crippen LogP contribution in [-0.4, -0.2) is 127 Å². The molecule has 14 nitrogen and oxygen atoms in total. The number of anilines is 2. The molecule has 4 atom stereocenters. The van der Waals surface area contributed by atoms with Gasteiger partial charge in [-0.3, -0.25) is 9.69 Å². The molecule has 6 aromatic rings. The summed E-state index contributed by atoms with van der Waals surface area (Å²) >= 11 is 0. The highest BCUT2D eigenvalue weighted by atomic mass is 19.1. The van der Waals surface area contributed by atoms with Gasteiger partial charge < -0.3 is 29.2 Å². The predicted octanol–water partition coefficient (Wildman–Crippen LogP) is 4.07. The highest BCUT2D eigenvalue weighted by Gasteiger charge is 2.41. The minimum Gasteiger partial charge on any atom is -0.372 e. The first-order valence-electron chi connectivity index (χ1n) is 19.2. The Morgan fingerprint density at radius 3 is 2.62 bits per heavy atom. The Morgan fingerprint density at radius 2 is 1.79 bits per heavy atom. The number of aryl methyl sites for hydroxylation is 1. The van der Waals surface area contributed by atoms with Gasteiger partial charge in [-0.1, -0.05) is 18.2 Å². The van der Waals surface area contributed by atoms with Gasteiger partial charge in [0.05, 0.1) is 53.7 Å². The van der Waals surface area contributed by atoms with Gasteiger partial charge >= 0.3 is 0 Å². The summed E-state index contributed by atoms with van der Waals surface area (Å²) in [6.07, 6.45) is 5.15. The van der Waals surface area contributed by atoms with Crippen LogP contribution in [0.5, 0.6) is 0 Å². The summed E-state index contributed by atoms with van der Waals surface area (Å²) in [4.78, 5) is 40.0. The number of hydrogen-bond donors (Lipinski definition) is 1. The number of imidazole rings is 1. The lowest BCUT2D eigenvalue weighted by Gasteiger charge is -2.29. The fourth-order valence-electron chi connectivity index (χ4n) is 8.85. The molecule has 0 spiro atoms. The summed E-state index contributed by atoms with van der Waals surface area (Å²) in [6, 6.07) is 14.8. The molecule has 16 heteroatoms. The summed E-state index contributed by atoms with van der Waals surface area (Å²) in [5, 5.41) is 8.59. The number of benzene rings is 2. The standard InChI is InChI=1S/C40H41F2N11O3/c1-49-12-4-13-51-36(11-14-50-21-33-34(22-50)56-16-15-55-33)48-30-7-2-5-26(37(30)51)29-6-3-8-35(47-29)46-25-18-32(40(49)54)52(20-25)38-27-19-45-53(39(27)44-23-43-38)31-10-9-24(41)17-28(31)42/h2-3,5-10,17,19,23,25,32-34H,4,11-16,18,20-22H2,1H3,(H,46,47)/t25-,32-,33-,34+/m0/s1. The van der Waals surface area contributed by atoms with Gasteiger partial charge in [0, 0.05) is 70.4 Å². The molecular formula is C40H41F2N11O3. The third kappa shape index (κ3) is 6.21. The van der Waals surface area contributed by atoms with Crippen LogP contribution < -0.4 is 10.2 Å². The van der Waals surface area contributed by atoms with Crippen molar-refractivity contribution in [3.05, 3.63) is 84.6 Å². The summed E-state index contributed by atoms with van der Waals surface area (Å²) < 4.78 is 44.2. The van der Waals surface area contributed by atoms with Gasteiger partial charge in [0.2, 0.25) is 5.91 Å². The molecule has 2 aromatic carbocycles. The molecule has 0 saturated carbocycles. The molecule has 3 saturated heterocycles. The van der Waals surface area contributed by atoms with Crippen molar-refractivity contribution in [2.45, 2.75) is 50.1 Å². The van der Waals surface area contributed by atoms with Crippen LogP contribution in [0.3, 0.4) is 0 Å². The number of carbonyl (C=O) groups excluding carboxylic acids is 1. The molecule has 3 fully saturated rings. The number of nitrogens with one attached hydrogen (secondary N) is 1. The minimum absolute atomic E-state index is 0.0362. The molecule has 4 aromatic heterocycles. The Hall–Kier alpha value is -5.58. The van der Waals surface area contributed by atoms with Crippen LogP contribution in [0.2, 0.25) is 0 Å². The zero-order valence-electron chi connectivity index (χ0n) is 30.9. The van der Waals surface area contributed by atoms with E-state index in [-0.39, 0.29) is 29.8 Å². The van der Waals surface area contributed by atoms with Gasteiger partial charge in [-0.2, -0.15) is 5.10 Å². The second kappa shape index (κ2) is 14.2. The Labute approximate surface area is 321 Å². The molecule has 1 amide bonds. The number of amides is 1. The molecule has 4 bridgehead atoms. The lowest BCUT2D eigenvalue weighted by molar-refractivity contribution is -0.131. The smallest absolute Gasteiger partial charge is 0.245 e. The fourth-order valence-corrected chi connectivity index (χ4v) is 8.85. The quantitative estimate of drug-likeness (QED) is 0.273. The Kier molecular flexibility index (Phi) is 8.83. The maximum Gasteiger partial charge on any atom is 0.245 e. The van der Waals surface area contributed by atoms with Crippen molar-refractivity contribution >= 4 is 39.6 Å². The second-order valence-corrected chi connectivity index (χ2v) is 15.0. The van der Waals surface area contributed by atoms with E-state index in [4.69, 9.17) is 19.4 Å². The first kappa shape index (κ1) is 34.9. The fraction of sp³-hybridized carbons (Fsp3) is 0.400. The number of likely N-dealkylation sites (tertiary alicyclic amines) is 1. The molecule has 10 rings (SSSR count). The van der Waals surface area contributed by atoms with Crippen molar-refractivity contribution in [3.63, 3.8) is 0 Å². The molecule has 1 N–H and O–H groups in total. The average Bonchev–Trinajstić information content (AvgIpc) is 4.00.